The lowest BCUT2D eigenvalue weighted by molar-refractivity contribution is -0.132. The third-order valence-corrected chi connectivity index (χ3v) is 6.67. The van der Waals surface area contributed by atoms with Gasteiger partial charge in [0.1, 0.15) is 23.6 Å². The van der Waals surface area contributed by atoms with Crippen molar-refractivity contribution in [3.8, 4) is 5.75 Å². The number of carbonyl (C=O) groups is 2. The minimum Gasteiger partial charge on any atom is -0.484 e. The van der Waals surface area contributed by atoms with Crippen LogP contribution < -0.4 is 10.1 Å². The molecule has 1 aromatic heterocycles. The number of rotatable bonds is 8. The smallest absolute Gasteiger partial charge is 0.273 e. The average Bonchev–Trinajstić information content (AvgIpc) is 3.44. The van der Waals surface area contributed by atoms with Crippen molar-refractivity contribution in [2.24, 2.45) is 0 Å². The van der Waals surface area contributed by atoms with E-state index in [-0.39, 0.29) is 48.3 Å². The fraction of sp³-hybridized carbons (Fsp3) is 0.233. The van der Waals surface area contributed by atoms with Gasteiger partial charge in [0.25, 0.3) is 5.91 Å². The molecule has 2 heterocycles. The van der Waals surface area contributed by atoms with Crippen molar-refractivity contribution in [2.75, 3.05) is 6.54 Å². The minimum atomic E-state index is -0.425. The van der Waals surface area contributed by atoms with Gasteiger partial charge in [0.05, 0.1) is 6.04 Å². The Hall–Kier alpha value is -4.53. The van der Waals surface area contributed by atoms with E-state index in [4.69, 9.17) is 9.15 Å². The van der Waals surface area contributed by atoms with Gasteiger partial charge in [0, 0.05) is 19.5 Å². The van der Waals surface area contributed by atoms with Crippen LogP contribution in [0.25, 0.3) is 0 Å². The van der Waals surface area contributed by atoms with Crippen LogP contribution in [0.2, 0.25) is 0 Å². The summed E-state index contributed by atoms with van der Waals surface area (Å²) >= 11 is 0. The van der Waals surface area contributed by atoms with E-state index in [2.05, 4.69) is 10.3 Å². The van der Waals surface area contributed by atoms with E-state index < -0.39 is 5.91 Å². The van der Waals surface area contributed by atoms with Gasteiger partial charge in [-0.3, -0.25) is 9.59 Å². The second-order valence-corrected chi connectivity index (χ2v) is 9.23. The summed E-state index contributed by atoms with van der Waals surface area (Å²) in [6.45, 7) is 2.61. The molecule has 0 radical (unpaired) electrons. The first-order chi connectivity index (χ1) is 18.9. The topological polar surface area (TPSA) is 84.7 Å². The second kappa shape index (κ2) is 11.5. The van der Waals surface area contributed by atoms with Gasteiger partial charge >= 0.3 is 0 Å². The highest BCUT2D eigenvalue weighted by Crippen LogP contribution is 2.37. The number of hydrogen-bond acceptors (Lipinski definition) is 5. The van der Waals surface area contributed by atoms with Crippen LogP contribution in [0.5, 0.6) is 5.75 Å². The molecule has 39 heavy (non-hydrogen) atoms. The van der Waals surface area contributed by atoms with Gasteiger partial charge in [-0.05, 0) is 65.1 Å². The maximum atomic E-state index is 13.6. The van der Waals surface area contributed by atoms with Gasteiger partial charge in [0.2, 0.25) is 11.8 Å². The molecule has 0 saturated carbocycles. The molecule has 1 unspecified atom stereocenters. The molecule has 0 bridgehead atoms. The Morgan fingerprint density at radius 1 is 1.05 bits per heavy atom. The second-order valence-electron chi connectivity index (χ2n) is 9.23. The van der Waals surface area contributed by atoms with E-state index in [1.807, 2.05) is 30.0 Å². The Kier molecular flexibility index (Phi) is 7.67. The van der Waals surface area contributed by atoms with Crippen molar-refractivity contribution < 1.29 is 27.5 Å². The van der Waals surface area contributed by atoms with Gasteiger partial charge in [-0.15, -0.1) is 0 Å². The van der Waals surface area contributed by atoms with Crippen LogP contribution in [-0.4, -0.2) is 28.2 Å². The first-order valence-electron chi connectivity index (χ1n) is 12.7. The summed E-state index contributed by atoms with van der Waals surface area (Å²) in [7, 11) is 0. The molecule has 9 heteroatoms. The maximum Gasteiger partial charge on any atom is 0.273 e. The molecule has 5 rings (SSSR count). The summed E-state index contributed by atoms with van der Waals surface area (Å²) in [6.07, 6.45) is 2.33. The third-order valence-electron chi connectivity index (χ3n) is 6.67. The molecule has 200 valence electrons. The lowest BCUT2D eigenvalue weighted by atomic mass is 9.87. The lowest BCUT2D eigenvalue weighted by Crippen LogP contribution is -2.40. The summed E-state index contributed by atoms with van der Waals surface area (Å²) in [5.74, 6) is -0.320. The predicted molar refractivity (Wildman–Crippen MR) is 139 cm³/mol. The number of ether oxygens (including phenoxy) is 1. The molecular weight excluding hydrogens is 504 g/mol. The van der Waals surface area contributed by atoms with E-state index in [1.165, 1.54) is 30.5 Å². The van der Waals surface area contributed by atoms with Crippen molar-refractivity contribution in [3.05, 3.63) is 118 Å². The van der Waals surface area contributed by atoms with Crippen molar-refractivity contribution in [3.63, 3.8) is 0 Å². The monoisotopic (exact) mass is 531 g/mol. The van der Waals surface area contributed by atoms with Gasteiger partial charge in [0.15, 0.2) is 12.3 Å². The Morgan fingerprint density at radius 2 is 1.77 bits per heavy atom. The molecule has 1 atom stereocenters. The van der Waals surface area contributed by atoms with Crippen LogP contribution in [-0.2, 0) is 24.4 Å². The number of nitrogens with one attached hydrogen (secondary N) is 1. The Labute approximate surface area is 224 Å². The fourth-order valence-corrected chi connectivity index (χ4v) is 4.66. The largest absolute Gasteiger partial charge is 0.484 e. The summed E-state index contributed by atoms with van der Waals surface area (Å²) in [4.78, 5) is 31.2. The maximum absolute atomic E-state index is 13.6. The molecule has 3 aromatic carbocycles. The number of halogens is 2. The molecule has 2 amide bonds. The number of nitrogens with zero attached hydrogens (tertiary/aromatic N) is 2. The number of amides is 2. The fourth-order valence-electron chi connectivity index (χ4n) is 4.66. The molecule has 7 nitrogen and oxygen atoms in total. The van der Waals surface area contributed by atoms with Gasteiger partial charge in [-0.2, -0.15) is 0 Å². The van der Waals surface area contributed by atoms with E-state index in [0.717, 1.165) is 22.3 Å². The highest BCUT2D eigenvalue weighted by atomic mass is 19.1. The first-order valence-corrected chi connectivity index (χ1v) is 12.7. The number of fused-ring (bicyclic) bond motifs is 1. The Balaban J connectivity index is 1.28. The summed E-state index contributed by atoms with van der Waals surface area (Å²) in [6, 6.07) is 17.4. The lowest BCUT2D eigenvalue weighted by Gasteiger charge is -2.38. The quantitative estimate of drug-likeness (QED) is 0.332. The molecular formula is C30H27F2N3O4. The molecule has 4 aromatic rings. The summed E-state index contributed by atoms with van der Waals surface area (Å²) in [5.41, 5.74) is 3.68. The van der Waals surface area contributed by atoms with E-state index >= 15 is 0 Å². The number of aromatic nitrogens is 1. The van der Waals surface area contributed by atoms with Gasteiger partial charge < -0.3 is 19.4 Å². The van der Waals surface area contributed by atoms with Gasteiger partial charge in [-0.1, -0.05) is 37.3 Å². The van der Waals surface area contributed by atoms with Crippen LogP contribution >= 0.6 is 0 Å². The van der Waals surface area contributed by atoms with E-state index in [0.29, 0.717) is 25.1 Å². The Morgan fingerprint density at radius 3 is 2.49 bits per heavy atom. The highest BCUT2D eigenvalue weighted by Gasteiger charge is 2.31. The number of carbonyl (C=O) groups excluding carboxylic acids is 2. The third kappa shape index (κ3) is 5.98. The predicted octanol–water partition coefficient (Wildman–Crippen LogP) is 5.35. The van der Waals surface area contributed by atoms with Crippen LogP contribution in [0.15, 0.2) is 77.4 Å². The van der Waals surface area contributed by atoms with Crippen molar-refractivity contribution in [1.29, 1.82) is 0 Å². The highest BCUT2D eigenvalue weighted by molar-refractivity contribution is 5.91. The SMILES string of the molecule is CCC(=O)N1CCc2ccc(OCc3nc(C(=O)NCc4ccc(F)cc4)co3)cc2C1c1ccc(F)cc1. The zero-order chi connectivity index (χ0) is 27.4. The zero-order valence-electron chi connectivity index (χ0n) is 21.3. The molecule has 0 saturated heterocycles. The van der Waals surface area contributed by atoms with E-state index in [9.17, 15) is 18.4 Å². The van der Waals surface area contributed by atoms with Crippen molar-refractivity contribution in [1.82, 2.24) is 15.2 Å². The molecule has 1 aliphatic heterocycles. The molecule has 0 aliphatic carbocycles. The Bertz CT molecular complexity index is 1470. The number of hydrogen-bond donors (Lipinski definition) is 1. The number of oxazole rings is 1. The van der Waals surface area contributed by atoms with Crippen molar-refractivity contribution >= 4 is 11.8 Å². The van der Waals surface area contributed by atoms with Crippen molar-refractivity contribution in [2.45, 2.75) is 39.0 Å². The summed E-state index contributed by atoms with van der Waals surface area (Å²) in [5, 5.41) is 2.72. The zero-order valence-corrected chi connectivity index (χ0v) is 21.3. The van der Waals surface area contributed by atoms with Crippen LogP contribution in [0.4, 0.5) is 8.78 Å². The molecule has 0 spiro atoms. The van der Waals surface area contributed by atoms with Crippen LogP contribution in [0.3, 0.4) is 0 Å². The van der Waals surface area contributed by atoms with E-state index in [1.54, 1.807) is 24.3 Å². The first kappa shape index (κ1) is 26.1. The normalized spacial score (nSPS) is 14.5. The van der Waals surface area contributed by atoms with Crippen LogP contribution in [0, 0.1) is 11.6 Å². The standard InChI is InChI=1S/C30H27F2N3O4/c1-2-28(36)35-14-13-20-7-12-24(15-25(20)29(35)21-5-10-23(32)11-6-21)38-18-27-34-26(17-39-27)30(37)33-16-19-3-8-22(31)9-4-19/h3-12,15,17,29H,2,13-14,16,18H2,1H3,(H,33,37). The molecule has 1 aliphatic rings. The van der Waals surface area contributed by atoms with Crippen LogP contribution in [0.1, 0.15) is 58.0 Å². The average molecular weight is 532 g/mol. The summed E-state index contributed by atoms with van der Waals surface area (Å²) < 4.78 is 38.0. The molecule has 0 fully saturated rings. The molecule has 1 N–H and O–H groups in total. The number of benzene rings is 3. The minimum absolute atomic E-state index is 0.0111. The van der Waals surface area contributed by atoms with Gasteiger partial charge in [-0.25, -0.2) is 13.8 Å².